The number of rotatable bonds is 2. The fraction of sp³-hybridized carbons (Fsp3) is 0.250. The van der Waals surface area contributed by atoms with Crippen molar-refractivity contribution in [2.45, 2.75) is 6.42 Å². The zero-order chi connectivity index (χ0) is 7.40. The Kier molecular flexibility index (Phi) is 2.08. The standard InChI is InChI=1S/C8H8O2/c1-10-8(9)6-7-4-2-3-5-7/h2-4H,6H2,1H3. The third-order valence-electron chi connectivity index (χ3n) is 1.22. The molecule has 0 spiro atoms. The van der Waals surface area contributed by atoms with E-state index in [0.717, 1.165) is 5.57 Å². The number of allylic oxidation sites excluding steroid dienone is 2. The van der Waals surface area contributed by atoms with Gasteiger partial charge in [-0.2, -0.15) is 0 Å². The summed E-state index contributed by atoms with van der Waals surface area (Å²) in [5.41, 5.74) is 3.78. The van der Waals surface area contributed by atoms with Crippen LogP contribution in [0.2, 0.25) is 0 Å². The number of carbonyl (C=O) groups excluding carboxylic acids is 1. The zero-order valence-corrected chi connectivity index (χ0v) is 5.76. The van der Waals surface area contributed by atoms with Gasteiger partial charge in [0.1, 0.15) is 0 Å². The highest BCUT2D eigenvalue weighted by atomic mass is 16.5. The first-order chi connectivity index (χ1) is 4.83. The van der Waals surface area contributed by atoms with Crippen molar-refractivity contribution in [2.75, 3.05) is 7.11 Å². The molecule has 0 saturated carbocycles. The zero-order valence-electron chi connectivity index (χ0n) is 5.76. The van der Waals surface area contributed by atoms with Crippen LogP contribution in [0.1, 0.15) is 6.42 Å². The summed E-state index contributed by atoms with van der Waals surface area (Å²) in [4.78, 5) is 10.6. The summed E-state index contributed by atoms with van der Waals surface area (Å²) >= 11 is 0. The number of ether oxygens (including phenoxy) is 1. The van der Waals surface area contributed by atoms with E-state index in [2.05, 4.69) is 10.5 Å². The van der Waals surface area contributed by atoms with E-state index < -0.39 is 0 Å². The second kappa shape index (κ2) is 3.04. The second-order valence-corrected chi connectivity index (χ2v) is 1.95. The first kappa shape index (κ1) is 6.84. The first-order valence-corrected chi connectivity index (χ1v) is 3.02. The maximum Gasteiger partial charge on any atom is 0.310 e. The topological polar surface area (TPSA) is 26.3 Å². The Labute approximate surface area is 59.5 Å². The van der Waals surface area contributed by atoms with Crippen molar-refractivity contribution in [1.29, 1.82) is 0 Å². The number of methoxy groups -OCH3 is 1. The van der Waals surface area contributed by atoms with Gasteiger partial charge in [-0.25, -0.2) is 0 Å². The predicted molar refractivity (Wildman–Crippen MR) is 37.4 cm³/mol. The maximum absolute atomic E-state index is 10.6. The van der Waals surface area contributed by atoms with Gasteiger partial charge in [0.2, 0.25) is 0 Å². The molecule has 0 unspecified atom stereocenters. The SMILES string of the molecule is COC(=O)CC1=C=CC=C1. The molecule has 0 saturated heterocycles. The van der Waals surface area contributed by atoms with Gasteiger partial charge in [0.25, 0.3) is 0 Å². The molecule has 10 heavy (non-hydrogen) atoms. The maximum atomic E-state index is 10.6. The van der Waals surface area contributed by atoms with Crippen LogP contribution in [0.4, 0.5) is 0 Å². The fourth-order valence-electron chi connectivity index (χ4n) is 0.705. The fourth-order valence-corrected chi connectivity index (χ4v) is 0.705. The van der Waals surface area contributed by atoms with E-state index in [1.807, 2.05) is 12.2 Å². The van der Waals surface area contributed by atoms with E-state index in [4.69, 9.17) is 0 Å². The third-order valence-corrected chi connectivity index (χ3v) is 1.22. The van der Waals surface area contributed by atoms with Crippen LogP contribution < -0.4 is 0 Å². The van der Waals surface area contributed by atoms with Gasteiger partial charge in [0, 0.05) is 5.57 Å². The molecule has 1 rings (SSSR count). The average molecular weight is 136 g/mol. The van der Waals surface area contributed by atoms with Gasteiger partial charge < -0.3 is 4.74 Å². The van der Waals surface area contributed by atoms with Gasteiger partial charge >= 0.3 is 5.97 Å². The lowest BCUT2D eigenvalue weighted by molar-refractivity contribution is -0.139. The molecule has 0 radical (unpaired) electrons. The summed E-state index contributed by atoms with van der Waals surface area (Å²) in [6.07, 6.45) is 5.79. The quantitative estimate of drug-likeness (QED) is 0.421. The molecule has 0 N–H and O–H groups in total. The molecule has 52 valence electrons. The highest BCUT2D eigenvalue weighted by Crippen LogP contribution is 2.06. The Balaban J connectivity index is 2.47. The number of hydrogen-bond donors (Lipinski definition) is 0. The van der Waals surface area contributed by atoms with Crippen molar-refractivity contribution in [3.63, 3.8) is 0 Å². The van der Waals surface area contributed by atoms with Crippen LogP contribution in [-0.4, -0.2) is 13.1 Å². The van der Waals surface area contributed by atoms with Crippen LogP contribution in [0, 0.1) is 0 Å². The van der Waals surface area contributed by atoms with Crippen LogP contribution in [0.5, 0.6) is 0 Å². The molecule has 0 aliphatic heterocycles. The number of esters is 1. The molecule has 0 bridgehead atoms. The molecule has 2 heteroatoms. The first-order valence-electron chi connectivity index (χ1n) is 3.02. The lowest BCUT2D eigenvalue weighted by Gasteiger charge is -1.94. The lowest BCUT2D eigenvalue weighted by atomic mass is 10.2. The summed E-state index contributed by atoms with van der Waals surface area (Å²) in [7, 11) is 1.38. The smallest absolute Gasteiger partial charge is 0.310 e. The van der Waals surface area contributed by atoms with Gasteiger partial charge in [-0.05, 0) is 6.08 Å². The Hall–Kier alpha value is -1.27. The molecule has 2 nitrogen and oxygen atoms in total. The van der Waals surface area contributed by atoms with E-state index in [0.29, 0.717) is 6.42 Å². The summed E-state index contributed by atoms with van der Waals surface area (Å²) < 4.78 is 4.46. The lowest BCUT2D eigenvalue weighted by Crippen LogP contribution is -1.99. The normalized spacial score (nSPS) is 13.5. The molecule has 0 heterocycles. The molecule has 1 aliphatic rings. The molecular weight excluding hydrogens is 128 g/mol. The Morgan fingerprint density at radius 3 is 3.10 bits per heavy atom. The Morgan fingerprint density at radius 2 is 2.60 bits per heavy atom. The van der Waals surface area contributed by atoms with Crippen molar-refractivity contribution < 1.29 is 9.53 Å². The van der Waals surface area contributed by atoms with E-state index in [1.165, 1.54) is 7.11 Å². The Morgan fingerprint density at radius 1 is 1.80 bits per heavy atom. The largest absolute Gasteiger partial charge is 0.469 e. The van der Waals surface area contributed by atoms with Gasteiger partial charge in [0.05, 0.1) is 13.5 Å². The molecule has 0 aromatic rings. The number of carbonyl (C=O) groups is 1. The monoisotopic (exact) mass is 136 g/mol. The van der Waals surface area contributed by atoms with Crippen molar-refractivity contribution >= 4 is 5.97 Å². The van der Waals surface area contributed by atoms with Crippen molar-refractivity contribution in [3.05, 3.63) is 29.5 Å². The van der Waals surface area contributed by atoms with Crippen LogP contribution in [0.3, 0.4) is 0 Å². The molecule has 0 aromatic heterocycles. The van der Waals surface area contributed by atoms with Gasteiger partial charge in [0.15, 0.2) is 0 Å². The van der Waals surface area contributed by atoms with Gasteiger partial charge in [-0.15, -0.1) is 5.73 Å². The molecule has 0 aromatic carbocycles. The predicted octanol–water partition coefficient (Wildman–Crippen LogP) is 1.20. The average Bonchev–Trinajstić information content (AvgIpc) is 2.40. The van der Waals surface area contributed by atoms with Crippen molar-refractivity contribution in [2.24, 2.45) is 0 Å². The second-order valence-electron chi connectivity index (χ2n) is 1.95. The molecule has 0 amide bonds. The van der Waals surface area contributed by atoms with Crippen LogP contribution in [0.25, 0.3) is 0 Å². The van der Waals surface area contributed by atoms with Crippen molar-refractivity contribution in [1.82, 2.24) is 0 Å². The third kappa shape index (κ3) is 1.61. The Bertz CT molecular complexity index is 230. The van der Waals surface area contributed by atoms with Gasteiger partial charge in [-0.3, -0.25) is 4.79 Å². The van der Waals surface area contributed by atoms with E-state index in [1.54, 1.807) is 6.08 Å². The van der Waals surface area contributed by atoms with E-state index in [-0.39, 0.29) is 5.97 Å². The highest BCUT2D eigenvalue weighted by Gasteiger charge is 2.02. The van der Waals surface area contributed by atoms with E-state index in [9.17, 15) is 4.79 Å². The minimum absolute atomic E-state index is 0.220. The van der Waals surface area contributed by atoms with Crippen molar-refractivity contribution in [3.8, 4) is 0 Å². The van der Waals surface area contributed by atoms with Crippen LogP contribution in [-0.2, 0) is 9.53 Å². The molecule has 0 atom stereocenters. The molecule has 0 fully saturated rings. The van der Waals surface area contributed by atoms with Crippen LogP contribution in [0.15, 0.2) is 29.5 Å². The summed E-state index contributed by atoms with van der Waals surface area (Å²) in [6.45, 7) is 0. The summed E-state index contributed by atoms with van der Waals surface area (Å²) in [6, 6.07) is 0. The minimum atomic E-state index is -0.220. The van der Waals surface area contributed by atoms with E-state index >= 15 is 0 Å². The molecular formula is C8H8O2. The van der Waals surface area contributed by atoms with Gasteiger partial charge in [-0.1, -0.05) is 12.2 Å². The molecule has 1 aliphatic carbocycles. The minimum Gasteiger partial charge on any atom is -0.469 e. The highest BCUT2D eigenvalue weighted by molar-refractivity contribution is 5.73. The number of hydrogen-bond acceptors (Lipinski definition) is 2. The summed E-state index contributed by atoms with van der Waals surface area (Å²) in [5.74, 6) is -0.220. The van der Waals surface area contributed by atoms with Crippen LogP contribution >= 0.6 is 0 Å². The summed E-state index contributed by atoms with van der Waals surface area (Å²) in [5, 5.41) is 0.